The highest BCUT2D eigenvalue weighted by Gasteiger charge is 2.20. The highest BCUT2D eigenvalue weighted by molar-refractivity contribution is 9.10. The molecule has 5 heteroatoms. The Morgan fingerprint density at radius 1 is 1.50 bits per heavy atom. The number of aliphatic hydroxyl groups is 1. The van der Waals surface area contributed by atoms with E-state index in [9.17, 15) is 5.11 Å². The van der Waals surface area contributed by atoms with Gasteiger partial charge in [0.2, 0.25) is 0 Å². The van der Waals surface area contributed by atoms with Gasteiger partial charge in [0.15, 0.2) is 0 Å². The van der Waals surface area contributed by atoms with E-state index in [0.717, 1.165) is 47.6 Å². The van der Waals surface area contributed by atoms with Crippen molar-refractivity contribution in [3.63, 3.8) is 0 Å². The van der Waals surface area contributed by atoms with Gasteiger partial charge in [-0.2, -0.15) is 0 Å². The minimum atomic E-state index is -0.0256. The maximum absolute atomic E-state index is 9.44. The van der Waals surface area contributed by atoms with Crippen LogP contribution in [0.2, 0.25) is 0 Å². The maximum Gasteiger partial charge on any atom is 0.127 e. The molecular formula is C15H22BrNO3. The van der Waals surface area contributed by atoms with Crippen molar-refractivity contribution in [1.82, 2.24) is 4.90 Å². The van der Waals surface area contributed by atoms with Gasteiger partial charge in [0, 0.05) is 23.1 Å². The number of halogens is 1. The summed E-state index contributed by atoms with van der Waals surface area (Å²) in [5.41, 5.74) is 1.83. The fourth-order valence-electron chi connectivity index (χ4n) is 2.47. The van der Waals surface area contributed by atoms with Gasteiger partial charge in [0.1, 0.15) is 18.5 Å². The predicted octanol–water partition coefficient (Wildman–Crippen LogP) is 2.35. The zero-order chi connectivity index (χ0) is 14.5. The Kier molecular flexibility index (Phi) is 5.84. The molecule has 0 saturated carbocycles. The number of nitrogens with zero attached hydrogens (tertiary/aromatic N) is 1. The lowest BCUT2D eigenvalue weighted by atomic mass is 10.1. The van der Waals surface area contributed by atoms with E-state index in [2.05, 4.69) is 27.8 Å². The Balaban J connectivity index is 2.00. The van der Waals surface area contributed by atoms with E-state index in [1.165, 1.54) is 0 Å². The molecular weight excluding hydrogens is 322 g/mol. The molecule has 1 heterocycles. The molecule has 1 atom stereocenters. The van der Waals surface area contributed by atoms with Crippen molar-refractivity contribution < 1.29 is 14.6 Å². The molecule has 1 aromatic carbocycles. The lowest BCUT2D eigenvalue weighted by Crippen LogP contribution is -2.44. The first-order chi connectivity index (χ1) is 9.63. The molecule has 1 fully saturated rings. The Morgan fingerprint density at radius 3 is 3.00 bits per heavy atom. The summed E-state index contributed by atoms with van der Waals surface area (Å²) in [7, 11) is 0. The number of likely N-dealkylation sites (N-methyl/N-ethyl adjacent to an activating group) is 1. The fraction of sp³-hybridized carbons (Fsp3) is 0.600. The molecule has 1 saturated heterocycles. The van der Waals surface area contributed by atoms with Crippen LogP contribution in [0, 0.1) is 6.92 Å². The summed E-state index contributed by atoms with van der Waals surface area (Å²) in [5, 5.41) is 9.44. The van der Waals surface area contributed by atoms with Crippen LogP contribution in [0.3, 0.4) is 0 Å². The van der Waals surface area contributed by atoms with Crippen LogP contribution in [-0.4, -0.2) is 49.0 Å². The van der Waals surface area contributed by atoms with Crippen molar-refractivity contribution in [2.75, 3.05) is 32.8 Å². The first-order valence-corrected chi connectivity index (χ1v) is 7.80. The second-order valence-electron chi connectivity index (χ2n) is 5.07. The van der Waals surface area contributed by atoms with Gasteiger partial charge in [-0.25, -0.2) is 0 Å². The fourth-order valence-corrected chi connectivity index (χ4v) is 3.09. The molecule has 1 aliphatic heterocycles. The Bertz CT molecular complexity index is 453. The topological polar surface area (TPSA) is 41.9 Å². The smallest absolute Gasteiger partial charge is 0.127 e. The molecule has 0 radical (unpaired) electrons. The average Bonchev–Trinajstić information content (AvgIpc) is 2.45. The summed E-state index contributed by atoms with van der Waals surface area (Å²) < 4.78 is 12.6. The molecule has 0 aromatic heterocycles. The lowest BCUT2D eigenvalue weighted by Gasteiger charge is -2.32. The third kappa shape index (κ3) is 3.95. The van der Waals surface area contributed by atoms with E-state index in [0.29, 0.717) is 6.61 Å². The molecule has 0 amide bonds. The number of ether oxygens (including phenoxy) is 2. The molecule has 1 unspecified atom stereocenters. The van der Waals surface area contributed by atoms with Crippen molar-refractivity contribution in [1.29, 1.82) is 0 Å². The van der Waals surface area contributed by atoms with Crippen LogP contribution in [0.15, 0.2) is 16.6 Å². The second-order valence-corrected chi connectivity index (χ2v) is 5.98. The van der Waals surface area contributed by atoms with Gasteiger partial charge in [-0.15, -0.1) is 0 Å². The van der Waals surface area contributed by atoms with Gasteiger partial charge in [-0.05, 0) is 31.2 Å². The highest BCUT2D eigenvalue weighted by Crippen LogP contribution is 2.28. The largest absolute Gasteiger partial charge is 0.490 e. The number of morpholine rings is 1. The molecule has 1 aliphatic rings. The van der Waals surface area contributed by atoms with Crippen molar-refractivity contribution in [2.45, 2.75) is 26.6 Å². The van der Waals surface area contributed by atoms with Gasteiger partial charge in [-0.1, -0.05) is 22.9 Å². The molecule has 20 heavy (non-hydrogen) atoms. The second kappa shape index (κ2) is 7.41. The maximum atomic E-state index is 9.44. The normalized spacial score (nSPS) is 20.1. The van der Waals surface area contributed by atoms with Crippen molar-refractivity contribution in [2.24, 2.45) is 0 Å². The standard InChI is InChI=1S/C15H22BrNO3/c1-3-17-4-5-19-14(8-17)10-20-15-11(2)6-13(16)7-12(15)9-18/h6-7,14,18H,3-5,8-10H2,1-2H3. The third-order valence-corrected chi connectivity index (χ3v) is 4.03. The number of aliphatic hydroxyl groups excluding tert-OH is 1. The summed E-state index contributed by atoms with van der Waals surface area (Å²) in [6.07, 6.45) is 0.0956. The predicted molar refractivity (Wildman–Crippen MR) is 82.2 cm³/mol. The molecule has 112 valence electrons. The van der Waals surface area contributed by atoms with E-state index < -0.39 is 0 Å². The number of hydrogen-bond donors (Lipinski definition) is 1. The van der Waals surface area contributed by atoms with Gasteiger partial charge >= 0.3 is 0 Å². The average molecular weight is 344 g/mol. The quantitative estimate of drug-likeness (QED) is 0.890. The van der Waals surface area contributed by atoms with Gasteiger partial charge in [-0.3, -0.25) is 4.90 Å². The van der Waals surface area contributed by atoms with Crippen LogP contribution in [-0.2, 0) is 11.3 Å². The van der Waals surface area contributed by atoms with Crippen LogP contribution in [0.25, 0.3) is 0 Å². The zero-order valence-corrected chi connectivity index (χ0v) is 13.6. The molecule has 4 nitrogen and oxygen atoms in total. The SMILES string of the molecule is CCN1CCOC(COc2c(C)cc(Br)cc2CO)C1. The molecule has 2 rings (SSSR count). The van der Waals surface area contributed by atoms with Crippen LogP contribution >= 0.6 is 15.9 Å². The summed E-state index contributed by atoms with van der Waals surface area (Å²) in [6.45, 7) is 8.33. The van der Waals surface area contributed by atoms with Crippen molar-refractivity contribution in [3.05, 3.63) is 27.7 Å². The first-order valence-electron chi connectivity index (χ1n) is 7.00. The van der Waals surface area contributed by atoms with Gasteiger partial charge < -0.3 is 14.6 Å². The van der Waals surface area contributed by atoms with E-state index >= 15 is 0 Å². The van der Waals surface area contributed by atoms with E-state index in [1.54, 1.807) is 0 Å². The summed E-state index contributed by atoms with van der Waals surface area (Å²) in [4.78, 5) is 2.36. The molecule has 1 N–H and O–H groups in total. The number of aryl methyl sites for hydroxylation is 1. The number of hydrogen-bond acceptors (Lipinski definition) is 4. The molecule has 0 spiro atoms. The zero-order valence-electron chi connectivity index (χ0n) is 12.1. The molecule has 0 bridgehead atoms. The van der Waals surface area contributed by atoms with Crippen LogP contribution < -0.4 is 4.74 Å². The first kappa shape index (κ1) is 15.8. The van der Waals surface area contributed by atoms with Crippen molar-refractivity contribution >= 4 is 15.9 Å². The lowest BCUT2D eigenvalue weighted by molar-refractivity contribution is -0.0467. The van der Waals surface area contributed by atoms with Crippen LogP contribution in [0.5, 0.6) is 5.75 Å². The van der Waals surface area contributed by atoms with E-state index in [1.807, 2.05) is 19.1 Å². The third-order valence-electron chi connectivity index (χ3n) is 3.57. The van der Waals surface area contributed by atoms with Gasteiger partial charge in [0.25, 0.3) is 0 Å². The number of benzene rings is 1. The minimum Gasteiger partial charge on any atom is -0.490 e. The monoisotopic (exact) mass is 343 g/mol. The summed E-state index contributed by atoms with van der Waals surface area (Å²) in [5.74, 6) is 0.771. The Morgan fingerprint density at radius 2 is 2.30 bits per heavy atom. The molecule has 0 aliphatic carbocycles. The van der Waals surface area contributed by atoms with Crippen molar-refractivity contribution in [3.8, 4) is 5.75 Å². The molecule has 1 aromatic rings. The van der Waals surface area contributed by atoms with E-state index in [4.69, 9.17) is 9.47 Å². The highest BCUT2D eigenvalue weighted by atomic mass is 79.9. The van der Waals surface area contributed by atoms with Crippen LogP contribution in [0.1, 0.15) is 18.1 Å². The van der Waals surface area contributed by atoms with Gasteiger partial charge in [0.05, 0.1) is 13.2 Å². The van der Waals surface area contributed by atoms with E-state index in [-0.39, 0.29) is 12.7 Å². The van der Waals surface area contributed by atoms with Crippen LogP contribution in [0.4, 0.5) is 0 Å². The number of rotatable bonds is 5. The summed E-state index contributed by atoms with van der Waals surface area (Å²) in [6, 6.07) is 3.89. The summed E-state index contributed by atoms with van der Waals surface area (Å²) >= 11 is 3.43. The Labute approximate surface area is 128 Å². The minimum absolute atomic E-state index is 0.0256. The Hall–Kier alpha value is -0.620.